The van der Waals surface area contributed by atoms with Crippen LogP contribution in [0.4, 0.5) is 11.4 Å². The van der Waals surface area contributed by atoms with Crippen LogP contribution in [-0.4, -0.2) is 24.1 Å². The van der Waals surface area contributed by atoms with Gasteiger partial charge in [0.2, 0.25) is 0 Å². The molecule has 2 aromatic carbocycles. The van der Waals surface area contributed by atoms with Crippen molar-refractivity contribution in [3.05, 3.63) is 57.6 Å². The number of methoxy groups -OCH3 is 1. The van der Waals surface area contributed by atoms with Gasteiger partial charge in [0.15, 0.2) is 11.5 Å². The third kappa shape index (κ3) is 2.12. The number of hydrogen-bond donors (Lipinski definition) is 0. The molecule has 0 saturated carbocycles. The second-order valence-electron chi connectivity index (χ2n) is 5.93. The van der Waals surface area contributed by atoms with Crippen molar-refractivity contribution in [2.75, 3.05) is 19.1 Å². The van der Waals surface area contributed by atoms with Crippen LogP contribution in [0.1, 0.15) is 12.5 Å². The van der Waals surface area contributed by atoms with Crippen molar-refractivity contribution in [1.29, 1.82) is 0 Å². The quantitative estimate of drug-likeness (QED) is 0.591. The van der Waals surface area contributed by atoms with Gasteiger partial charge in [0.25, 0.3) is 10.7 Å². The molecule has 0 radical (unpaired) electrons. The molecule has 1 unspecified atom stereocenters. The third-order valence-electron chi connectivity index (χ3n) is 4.57. The maximum atomic E-state index is 11.4. The summed E-state index contributed by atoms with van der Waals surface area (Å²) in [5.41, 5.74) is 2.40. The number of hydrogen-bond acceptors (Lipinski definition) is 6. The lowest BCUT2D eigenvalue weighted by molar-refractivity contribution is -0.385. The van der Waals surface area contributed by atoms with Crippen LogP contribution in [0, 0.1) is 10.1 Å². The molecule has 2 aliphatic rings. The van der Waals surface area contributed by atoms with Crippen LogP contribution in [0.15, 0.2) is 46.9 Å². The highest BCUT2D eigenvalue weighted by Crippen LogP contribution is 2.57. The van der Waals surface area contributed by atoms with E-state index in [-0.39, 0.29) is 5.69 Å². The number of benzene rings is 2. The van der Waals surface area contributed by atoms with Crippen molar-refractivity contribution in [3.8, 4) is 11.5 Å². The topological polar surface area (TPSA) is 64.8 Å². The number of anilines is 1. The molecule has 0 amide bonds. The fraction of sp³-hybridized carbons (Fsp3) is 0.222. The first kappa shape index (κ1) is 15.8. The van der Waals surface area contributed by atoms with Crippen molar-refractivity contribution in [3.63, 3.8) is 0 Å². The lowest BCUT2D eigenvalue weighted by Gasteiger charge is -2.40. The molecule has 128 valence electrons. The smallest absolute Gasteiger partial charge is 0.280 e. The maximum Gasteiger partial charge on any atom is 0.280 e. The standard InChI is InChI=1S/C18H16N2O4S/c1-11-10-12-13(20(21)22)8-9-15(23-3)17(12)24-18(11)19(2)14-6-4-5-7-16(14)25-18/h4-10H,1-3H3. The lowest BCUT2D eigenvalue weighted by atomic mass is 10.0. The first-order valence-electron chi connectivity index (χ1n) is 7.73. The molecule has 1 atom stereocenters. The van der Waals surface area contributed by atoms with Crippen molar-refractivity contribution in [2.45, 2.75) is 16.9 Å². The Kier molecular flexibility index (Phi) is 3.43. The van der Waals surface area contributed by atoms with Gasteiger partial charge in [0.1, 0.15) is 0 Å². The second-order valence-corrected chi connectivity index (χ2v) is 7.12. The fourth-order valence-electron chi connectivity index (χ4n) is 3.29. The number of ether oxygens (including phenoxy) is 2. The van der Waals surface area contributed by atoms with Crippen molar-refractivity contribution in [2.24, 2.45) is 0 Å². The molecule has 0 aliphatic carbocycles. The summed E-state index contributed by atoms with van der Waals surface area (Å²) < 4.78 is 11.8. The summed E-state index contributed by atoms with van der Waals surface area (Å²) in [6.45, 7) is 1.93. The summed E-state index contributed by atoms with van der Waals surface area (Å²) in [7, 11) is 3.49. The highest BCUT2D eigenvalue weighted by Gasteiger charge is 2.50. The van der Waals surface area contributed by atoms with Gasteiger partial charge in [0.05, 0.1) is 23.3 Å². The SMILES string of the molecule is COc1ccc([N+](=O)[O-])c2c1OC1(Sc3ccccc3N1C)C(C)=C2. The molecule has 6 nitrogen and oxygen atoms in total. The van der Waals surface area contributed by atoms with Crippen LogP contribution in [-0.2, 0) is 0 Å². The molecule has 4 rings (SSSR count). The molecule has 2 heterocycles. The van der Waals surface area contributed by atoms with Gasteiger partial charge in [-0.1, -0.05) is 12.1 Å². The predicted molar refractivity (Wildman–Crippen MR) is 97.4 cm³/mol. The number of fused-ring (bicyclic) bond motifs is 2. The van der Waals surface area contributed by atoms with E-state index < -0.39 is 9.98 Å². The summed E-state index contributed by atoms with van der Waals surface area (Å²) in [4.78, 5) is 14.2. The Morgan fingerprint density at radius 2 is 2.04 bits per heavy atom. The van der Waals surface area contributed by atoms with Gasteiger partial charge in [-0.05, 0) is 43.0 Å². The summed E-state index contributed by atoms with van der Waals surface area (Å²) in [5, 5.41) is 10.6. The van der Waals surface area contributed by atoms with Crippen LogP contribution < -0.4 is 14.4 Å². The van der Waals surface area contributed by atoms with Gasteiger partial charge in [0, 0.05) is 23.6 Å². The van der Waals surface area contributed by atoms with Gasteiger partial charge >= 0.3 is 0 Å². The van der Waals surface area contributed by atoms with Crippen molar-refractivity contribution >= 4 is 29.2 Å². The molecular weight excluding hydrogens is 340 g/mol. The largest absolute Gasteiger partial charge is 0.493 e. The molecule has 2 aliphatic heterocycles. The first-order valence-corrected chi connectivity index (χ1v) is 8.54. The van der Waals surface area contributed by atoms with Crippen LogP contribution in [0.2, 0.25) is 0 Å². The summed E-state index contributed by atoms with van der Waals surface area (Å²) in [6.07, 6.45) is 1.83. The predicted octanol–water partition coefficient (Wildman–Crippen LogP) is 4.30. The van der Waals surface area contributed by atoms with Crippen LogP contribution >= 0.6 is 11.8 Å². The minimum atomic E-state index is -0.779. The van der Waals surface area contributed by atoms with E-state index in [1.54, 1.807) is 17.8 Å². The summed E-state index contributed by atoms with van der Waals surface area (Å²) >= 11 is 1.58. The monoisotopic (exact) mass is 356 g/mol. The van der Waals surface area contributed by atoms with Crippen LogP contribution in [0.3, 0.4) is 0 Å². The van der Waals surface area contributed by atoms with Gasteiger partial charge in [-0.25, -0.2) is 0 Å². The zero-order valence-electron chi connectivity index (χ0n) is 14.0. The van der Waals surface area contributed by atoms with Crippen molar-refractivity contribution in [1.82, 2.24) is 0 Å². The van der Waals surface area contributed by atoms with Gasteiger partial charge < -0.3 is 14.4 Å². The number of rotatable bonds is 2. The minimum absolute atomic E-state index is 0.00756. The Bertz CT molecular complexity index is 927. The Labute approximate surface area is 149 Å². The summed E-state index contributed by atoms with van der Waals surface area (Å²) in [5.74, 6) is 0.878. The molecular formula is C18H16N2O4S. The van der Waals surface area contributed by atoms with Crippen LogP contribution in [0.5, 0.6) is 11.5 Å². The normalized spacial score (nSPS) is 20.6. The Hall–Kier alpha value is -2.67. The van der Waals surface area contributed by atoms with E-state index in [1.165, 1.54) is 13.2 Å². The van der Waals surface area contributed by atoms with Gasteiger partial charge in [-0.2, -0.15) is 0 Å². The number of nitro benzene ring substituents is 1. The van der Waals surface area contributed by atoms with E-state index in [9.17, 15) is 10.1 Å². The minimum Gasteiger partial charge on any atom is -0.493 e. The molecule has 0 bridgehead atoms. The van der Waals surface area contributed by atoms with E-state index in [0.717, 1.165) is 16.2 Å². The Balaban J connectivity index is 1.90. The van der Waals surface area contributed by atoms with Crippen molar-refractivity contribution < 1.29 is 14.4 Å². The zero-order valence-corrected chi connectivity index (χ0v) is 14.8. The first-order chi connectivity index (χ1) is 12.0. The molecule has 0 N–H and O–H groups in total. The number of nitro groups is 1. The molecule has 0 fully saturated rings. The molecule has 0 saturated heterocycles. The Morgan fingerprint density at radius 3 is 2.72 bits per heavy atom. The molecule has 25 heavy (non-hydrogen) atoms. The highest BCUT2D eigenvalue weighted by molar-refractivity contribution is 8.01. The maximum absolute atomic E-state index is 11.4. The number of para-hydroxylation sites is 1. The Morgan fingerprint density at radius 1 is 1.28 bits per heavy atom. The number of nitrogens with zero attached hydrogens (tertiary/aromatic N) is 2. The zero-order chi connectivity index (χ0) is 17.8. The average molecular weight is 356 g/mol. The molecule has 2 aromatic rings. The average Bonchev–Trinajstić information content (AvgIpc) is 2.88. The van der Waals surface area contributed by atoms with Gasteiger partial charge in [-0.15, -0.1) is 0 Å². The van der Waals surface area contributed by atoms with Gasteiger partial charge in [-0.3, -0.25) is 10.1 Å². The van der Waals surface area contributed by atoms with Crippen LogP contribution in [0.25, 0.3) is 6.08 Å². The molecule has 7 heteroatoms. The fourth-order valence-corrected chi connectivity index (χ4v) is 4.63. The molecule has 1 spiro atoms. The van der Waals surface area contributed by atoms with E-state index in [1.807, 2.05) is 44.3 Å². The number of thioether (sulfide) groups is 1. The van der Waals surface area contributed by atoms with E-state index in [2.05, 4.69) is 4.90 Å². The van der Waals surface area contributed by atoms with E-state index >= 15 is 0 Å². The lowest BCUT2D eigenvalue weighted by Crippen LogP contribution is -2.48. The number of likely N-dealkylation sites (N-methyl/N-ethyl adjacent to an activating group) is 1. The summed E-state index contributed by atoms with van der Waals surface area (Å²) in [6, 6.07) is 11.1. The second kappa shape index (κ2) is 5.42. The molecule has 0 aromatic heterocycles. The highest BCUT2D eigenvalue weighted by atomic mass is 32.2. The van der Waals surface area contributed by atoms with E-state index in [4.69, 9.17) is 9.47 Å². The van der Waals surface area contributed by atoms with E-state index in [0.29, 0.717) is 17.1 Å². The third-order valence-corrected chi connectivity index (χ3v) is 6.09.